The van der Waals surface area contributed by atoms with Gasteiger partial charge in [0.05, 0.1) is 6.54 Å². The van der Waals surface area contributed by atoms with Crippen LogP contribution >= 0.6 is 0 Å². The van der Waals surface area contributed by atoms with E-state index in [2.05, 4.69) is 10.3 Å². The van der Waals surface area contributed by atoms with E-state index >= 15 is 0 Å². The van der Waals surface area contributed by atoms with Crippen molar-refractivity contribution >= 4 is 12.0 Å². The number of halogens is 1. The fraction of sp³-hybridized carbons (Fsp3) is 0.308. The van der Waals surface area contributed by atoms with Gasteiger partial charge in [0.15, 0.2) is 5.69 Å². The molecule has 3 aliphatic rings. The van der Waals surface area contributed by atoms with Crippen LogP contribution in [0.25, 0.3) is 0 Å². The zero-order valence-corrected chi connectivity index (χ0v) is 19.4. The highest BCUT2D eigenvalue weighted by molar-refractivity contribution is 5.94. The fourth-order valence-electron chi connectivity index (χ4n) is 5.34. The molecule has 2 aromatic carbocycles. The van der Waals surface area contributed by atoms with Crippen LogP contribution in [0.5, 0.6) is 5.75 Å². The number of hydrogen-bond donors (Lipinski definition) is 3. The number of aromatic nitrogens is 2. The predicted molar refractivity (Wildman–Crippen MR) is 127 cm³/mol. The van der Waals surface area contributed by atoms with Gasteiger partial charge < -0.3 is 15.5 Å². The number of amides is 2. The van der Waals surface area contributed by atoms with Gasteiger partial charge in [-0.3, -0.25) is 19.1 Å². The number of carbonyl (C=O) groups is 2. The second-order valence-electron chi connectivity index (χ2n) is 9.23. The monoisotopic (exact) mass is 492 g/mol. The SMILES string of the molecule is O=C(NCc1ccc(F)cc1)c1nc2n(c(=O)c1O)C1CCC2(N(Cc2ccccc2)C(=O)O)CC1. The summed E-state index contributed by atoms with van der Waals surface area (Å²) in [6, 6.07) is 14.4. The van der Waals surface area contributed by atoms with Gasteiger partial charge in [-0.25, -0.2) is 14.2 Å². The van der Waals surface area contributed by atoms with Gasteiger partial charge in [-0.15, -0.1) is 0 Å². The maximum atomic E-state index is 13.2. The summed E-state index contributed by atoms with van der Waals surface area (Å²) < 4.78 is 14.5. The molecule has 0 saturated heterocycles. The van der Waals surface area contributed by atoms with Gasteiger partial charge in [0, 0.05) is 12.6 Å². The van der Waals surface area contributed by atoms with E-state index in [1.54, 1.807) is 0 Å². The quantitative estimate of drug-likeness (QED) is 0.484. The molecule has 1 saturated carbocycles. The van der Waals surface area contributed by atoms with Crippen molar-refractivity contribution < 1.29 is 24.2 Å². The standard InChI is InChI=1S/C26H25FN4O5/c27-18-8-6-16(7-9-18)14-28-22(33)20-21(32)23(34)31-19-10-12-26(13-11-19,24(31)29-20)30(25(35)36)15-17-4-2-1-3-5-17/h1-9,19,32H,10-15H2,(H,28,33)(H,35,36). The van der Waals surface area contributed by atoms with Crippen molar-refractivity contribution in [3.8, 4) is 5.75 Å². The second kappa shape index (κ2) is 9.10. The molecule has 10 heteroatoms. The van der Waals surface area contributed by atoms with Crippen molar-refractivity contribution in [2.75, 3.05) is 0 Å². The molecule has 0 unspecified atom stereocenters. The first kappa shape index (κ1) is 23.5. The van der Waals surface area contributed by atoms with Crippen molar-refractivity contribution in [3.05, 3.63) is 93.4 Å². The van der Waals surface area contributed by atoms with Crippen LogP contribution in [0.15, 0.2) is 59.4 Å². The van der Waals surface area contributed by atoms with Crippen LogP contribution in [0, 0.1) is 5.82 Å². The first-order valence-corrected chi connectivity index (χ1v) is 11.7. The second-order valence-corrected chi connectivity index (χ2v) is 9.23. The Kier molecular flexibility index (Phi) is 5.95. The number of nitrogens with one attached hydrogen (secondary N) is 1. The van der Waals surface area contributed by atoms with Gasteiger partial charge in [0.1, 0.15) is 17.2 Å². The summed E-state index contributed by atoms with van der Waals surface area (Å²) in [5, 5.41) is 23.4. The molecule has 2 bridgehead atoms. The molecule has 0 spiro atoms. The van der Waals surface area contributed by atoms with Gasteiger partial charge in [0.2, 0.25) is 5.75 Å². The molecule has 3 heterocycles. The van der Waals surface area contributed by atoms with Gasteiger partial charge in [0.25, 0.3) is 11.5 Å². The lowest BCUT2D eigenvalue weighted by Crippen LogP contribution is -2.58. The summed E-state index contributed by atoms with van der Waals surface area (Å²) in [4.78, 5) is 44.4. The zero-order chi connectivity index (χ0) is 25.4. The first-order valence-electron chi connectivity index (χ1n) is 11.7. The maximum Gasteiger partial charge on any atom is 0.408 e. The van der Waals surface area contributed by atoms with E-state index in [-0.39, 0.29) is 25.0 Å². The average molecular weight is 493 g/mol. The summed E-state index contributed by atoms with van der Waals surface area (Å²) in [5.41, 5.74) is -0.924. The third-order valence-corrected chi connectivity index (χ3v) is 7.17. The lowest BCUT2D eigenvalue weighted by molar-refractivity contribution is -0.00193. The zero-order valence-electron chi connectivity index (χ0n) is 19.4. The fourth-order valence-corrected chi connectivity index (χ4v) is 5.34. The third-order valence-electron chi connectivity index (χ3n) is 7.17. The van der Waals surface area contributed by atoms with Crippen molar-refractivity contribution in [1.29, 1.82) is 0 Å². The van der Waals surface area contributed by atoms with Crippen LogP contribution in [0.4, 0.5) is 9.18 Å². The summed E-state index contributed by atoms with van der Waals surface area (Å²) in [6.07, 6.45) is 0.858. The predicted octanol–water partition coefficient (Wildman–Crippen LogP) is 3.52. The molecule has 1 fully saturated rings. The maximum absolute atomic E-state index is 13.2. The van der Waals surface area contributed by atoms with Crippen LogP contribution in [-0.2, 0) is 18.6 Å². The van der Waals surface area contributed by atoms with E-state index in [1.165, 1.54) is 33.7 Å². The van der Waals surface area contributed by atoms with Crippen molar-refractivity contribution in [1.82, 2.24) is 19.8 Å². The van der Waals surface area contributed by atoms with Crippen LogP contribution in [0.1, 0.15) is 59.2 Å². The number of carboxylic acid groups (broad SMARTS) is 1. The largest absolute Gasteiger partial charge is 0.501 e. The summed E-state index contributed by atoms with van der Waals surface area (Å²) in [7, 11) is 0. The number of carbonyl (C=O) groups excluding carboxylic acids is 1. The molecule has 9 nitrogen and oxygen atoms in total. The molecule has 0 radical (unpaired) electrons. The highest BCUT2D eigenvalue weighted by Gasteiger charge is 2.53. The van der Waals surface area contributed by atoms with Crippen molar-refractivity contribution in [2.24, 2.45) is 0 Å². The lowest BCUT2D eigenvalue weighted by Gasteiger charge is -2.52. The Morgan fingerprint density at radius 3 is 2.39 bits per heavy atom. The summed E-state index contributed by atoms with van der Waals surface area (Å²) in [5.74, 6) is -1.79. The number of nitrogens with zero attached hydrogens (tertiary/aromatic N) is 3. The molecule has 1 aromatic heterocycles. The van der Waals surface area contributed by atoms with Crippen molar-refractivity contribution in [3.63, 3.8) is 0 Å². The molecular weight excluding hydrogens is 467 g/mol. The smallest absolute Gasteiger partial charge is 0.408 e. The Morgan fingerprint density at radius 2 is 1.75 bits per heavy atom. The van der Waals surface area contributed by atoms with Gasteiger partial charge in [-0.2, -0.15) is 0 Å². The minimum atomic E-state index is -1.16. The minimum absolute atomic E-state index is 0.0294. The number of aromatic hydroxyl groups is 1. The highest BCUT2D eigenvalue weighted by Crippen LogP contribution is 2.50. The topological polar surface area (TPSA) is 125 Å². The first-order chi connectivity index (χ1) is 17.3. The highest BCUT2D eigenvalue weighted by atomic mass is 19.1. The molecule has 6 rings (SSSR count). The molecule has 2 aliphatic heterocycles. The van der Waals surface area contributed by atoms with E-state index in [4.69, 9.17) is 0 Å². The Morgan fingerprint density at radius 1 is 1.08 bits per heavy atom. The van der Waals surface area contributed by atoms with Gasteiger partial charge in [-0.05, 0) is 48.9 Å². The van der Waals surface area contributed by atoms with E-state index in [9.17, 15) is 29.0 Å². The number of rotatable bonds is 6. The van der Waals surface area contributed by atoms with E-state index in [1.807, 2.05) is 30.3 Å². The molecular formula is C26H25FN4O5. The van der Waals surface area contributed by atoms with Crippen molar-refractivity contribution in [2.45, 2.75) is 50.4 Å². The van der Waals surface area contributed by atoms with E-state index in [0.717, 1.165) is 5.56 Å². The Bertz CT molecular complexity index is 1370. The normalized spacial score (nSPS) is 20.0. The van der Waals surface area contributed by atoms with Gasteiger partial charge >= 0.3 is 6.09 Å². The Hall–Kier alpha value is -4.21. The molecule has 36 heavy (non-hydrogen) atoms. The van der Waals surface area contributed by atoms with Crippen LogP contribution in [-0.4, -0.2) is 36.7 Å². The number of fused-ring (bicyclic) bond motifs is 2. The molecule has 2 amide bonds. The number of hydrogen-bond acceptors (Lipinski definition) is 5. The van der Waals surface area contributed by atoms with E-state index in [0.29, 0.717) is 31.2 Å². The number of benzene rings is 2. The average Bonchev–Trinajstić information content (AvgIpc) is 2.89. The van der Waals surface area contributed by atoms with Crippen LogP contribution < -0.4 is 10.9 Å². The van der Waals surface area contributed by atoms with Crippen LogP contribution in [0.2, 0.25) is 0 Å². The molecule has 186 valence electrons. The molecule has 3 aromatic rings. The summed E-state index contributed by atoms with van der Waals surface area (Å²) in [6.45, 7) is 0.116. The molecule has 1 aliphatic carbocycles. The van der Waals surface area contributed by atoms with Crippen LogP contribution in [0.3, 0.4) is 0 Å². The Labute approximate surface area is 205 Å². The lowest BCUT2D eigenvalue weighted by atomic mass is 9.73. The minimum Gasteiger partial charge on any atom is -0.501 e. The Balaban J connectivity index is 1.54. The summed E-state index contributed by atoms with van der Waals surface area (Å²) >= 11 is 0. The third kappa shape index (κ3) is 3.98. The molecule has 3 N–H and O–H groups in total. The molecule has 0 atom stereocenters. The van der Waals surface area contributed by atoms with E-state index < -0.39 is 40.4 Å². The van der Waals surface area contributed by atoms with Gasteiger partial charge in [-0.1, -0.05) is 42.5 Å².